The minimum Gasteiger partial charge on any atom is -0.360 e. The zero-order valence-electron chi connectivity index (χ0n) is 15.4. The highest BCUT2D eigenvalue weighted by Gasteiger charge is 2.54. The van der Waals surface area contributed by atoms with Gasteiger partial charge in [0.05, 0.1) is 10.5 Å². The van der Waals surface area contributed by atoms with Crippen LogP contribution in [-0.2, 0) is 14.6 Å². The molecule has 1 saturated heterocycles. The lowest BCUT2D eigenvalue weighted by Crippen LogP contribution is -2.39. The van der Waals surface area contributed by atoms with E-state index in [1.807, 2.05) is 56.3 Å². The first-order chi connectivity index (χ1) is 12.7. The van der Waals surface area contributed by atoms with Crippen LogP contribution in [0.1, 0.15) is 25.8 Å². The highest BCUT2D eigenvalue weighted by Crippen LogP contribution is 2.45. The number of hydrogen-bond donors (Lipinski definition) is 0. The lowest BCUT2D eigenvalue weighted by atomic mass is 9.96. The van der Waals surface area contributed by atoms with Crippen molar-refractivity contribution >= 4 is 27.5 Å². The van der Waals surface area contributed by atoms with E-state index in [1.54, 1.807) is 30.3 Å². The third-order valence-electron chi connectivity index (χ3n) is 5.04. The van der Waals surface area contributed by atoms with E-state index in [4.69, 9.17) is 16.3 Å². The van der Waals surface area contributed by atoms with E-state index >= 15 is 0 Å². The van der Waals surface area contributed by atoms with E-state index in [-0.39, 0.29) is 4.90 Å². The minimum absolute atomic E-state index is 0.244. The largest absolute Gasteiger partial charge is 0.360 e. The Morgan fingerprint density at radius 3 is 2.33 bits per heavy atom. The third kappa shape index (κ3) is 4.03. The molecule has 0 bridgehead atoms. The average Bonchev–Trinajstić information content (AvgIpc) is 2.94. The van der Waals surface area contributed by atoms with E-state index in [1.165, 1.54) is 0 Å². The summed E-state index contributed by atoms with van der Waals surface area (Å²) in [5.74, 6) is 0. The fraction of sp³-hybridized carbons (Fsp3) is 0.273. The van der Waals surface area contributed by atoms with Gasteiger partial charge < -0.3 is 4.74 Å². The van der Waals surface area contributed by atoms with Crippen LogP contribution in [0.4, 0.5) is 0 Å². The Labute approximate surface area is 166 Å². The summed E-state index contributed by atoms with van der Waals surface area (Å²) in [5.41, 5.74) is -0.728. The number of ether oxygens (including phenoxy) is 1. The Balaban J connectivity index is 2.03. The highest BCUT2D eigenvalue weighted by atomic mass is 35.5. The van der Waals surface area contributed by atoms with Crippen molar-refractivity contribution in [3.05, 3.63) is 83.9 Å². The quantitative estimate of drug-likeness (QED) is 0.635. The molecule has 0 amide bonds. The number of hydrogen-bond acceptors (Lipinski definition) is 3. The van der Waals surface area contributed by atoms with Crippen molar-refractivity contribution in [2.24, 2.45) is 0 Å². The second-order valence-corrected chi connectivity index (χ2v) is 9.81. The summed E-state index contributed by atoms with van der Waals surface area (Å²) >= 11 is 5.92. The fourth-order valence-corrected chi connectivity index (χ4v) is 5.74. The molecule has 27 heavy (non-hydrogen) atoms. The van der Waals surface area contributed by atoms with Crippen molar-refractivity contribution in [3.63, 3.8) is 0 Å². The zero-order chi connectivity index (χ0) is 19.7. The zero-order valence-corrected chi connectivity index (χ0v) is 17.0. The predicted molar refractivity (Wildman–Crippen MR) is 111 cm³/mol. The average molecular weight is 403 g/mol. The van der Waals surface area contributed by atoms with Crippen molar-refractivity contribution in [1.82, 2.24) is 0 Å². The van der Waals surface area contributed by atoms with Gasteiger partial charge in [0.15, 0.2) is 9.84 Å². The van der Waals surface area contributed by atoms with Crippen molar-refractivity contribution in [1.29, 1.82) is 0 Å². The van der Waals surface area contributed by atoms with E-state index in [9.17, 15) is 8.42 Å². The lowest BCUT2D eigenvalue weighted by Gasteiger charge is -2.28. The predicted octanol–water partition coefficient (Wildman–Crippen LogP) is 5.32. The van der Waals surface area contributed by atoms with Gasteiger partial charge >= 0.3 is 0 Å². The van der Waals surface area contributed by atoms with E-state index in [0.717, 1.165) is 5.56 Å². The Kier molecular flexibility index (Phi) is 5.35. The summed E-state index contributed by atoms with van der Waals surface area (Å²) in [7, 11) is -3.63. The summed E-state index contributed by atoms with van der Waals surface area (Å²) < 4.78 is 33.0. The maximum absolute atomic E-state index is 13.4. The Morgan fingerprint density at radius 2 is 1.74 bits per heavy atom. The molecule has 0 N–H and O–H groups in total. The molecule has 3 rings (SSSR count). The van der Waals surface area contributed by atoms with Crippen LogP contribution in [0.15, 0.2) is 78.2 Å². The lowest BCUT2D eigenvalue weighted by molar-refractivity contribution is -0.0292. The monoisotopic (exact) mass is 402 g/mol. The Hall–Kier alpha value is -1.88. The number of sulfone groups is 1. The van der Waals surface area contributed by atoms with Crippen LogP contribution >= 0.6 is 11.6 Å². The van der Waals surface area contributed by atoms with Crippen molar-refractivity contribution in [2.45, 2.75) is 41.6 Å². The molecule has 1 aliphatic heterocycles. The number of benzene rings is 2. The molecule has 2 aromatic carbocycles. The molecule has 1 fully saturated rings. The minimum atomic E-state index is -3.63. The highest BCUT2D eigenvalue weighted by molar-refractivity contribution is 7.92. The third-order valence-corrected chi connectivity index (χ3v) is 7.60. The van der Waals surface area contributed by atoms with Gasteiger partial charge in [-0.2, -0.15) is 0 Å². The van der Waals surface area contributed by atoms with Gasteiger partial charge in [0.2, 0.25) is 0 Å². The summed E-state index contributed by atoms with van der Waals surface area (Å²) in [6.45, 7) is 7.52. The first-order valence-corrected chi connectivity index (χ1v) is 10.7. The molecular formula is C22H23ClO3S. The van der Waals surface area contributed by atoms with Crippen LogP contribution in [0.3, 0.4) is 0 Å². The van der Waals surface area contributed by atoms with Crippen LogP contribution in [0.25, 0.3) is 6.08 Å². The van der Waals surface area contributed by atoms with Crippen molar-refractivity contribution < 1.29 is 13.2 Å². The van der Waals surface area contributed by atoms with Crippen LogP contribution in [0.2, 0.25) is 5.02 Å². The first kappa shape index (κ1) is 19.9. The molecule has 0 aromatic heterocycles. The van der Waals surface area contributed by atoms with Crippen molar-refractivity contribution in [2.75, 3.05) is 0 Å². The standard InChI is InChI=1S/C22H23ClO3S/c1-4-21(2)16-20(27(24,25)19-12-10-18(23)11-13-19)22(3,26-21)15-14-17-8-6-5-7-9-17/h4-15,20H,1,16H2,2-3H3/b15-14+/t20-,21+,22-/m0/s1. The van der Waals surface area contributed by atoms with Gasteiger partial charge in [0.1, 0.15) is 10.9 Å². The second kappa shape index (κ2) is 7.27. The molecule has 2 aromatic rings. The van der Waals surface area contributed by atoms with Gasteiger partial charge in [-0.25, -0.2) is 8.42 Å². The van der Waals surface area contributed by atoms with E-state index < -0.39 is 26.3 Å². The number of rotatable bonds is 5. The van der Waals surface area contributed by atoms with Gasteiger partial charge in [-0.3, -0.25) is 0 Å². The van der Waals surface area contributed by atoms with Crippen LogP contribution < -0.4 is 0 Å². The maximum Gasteiger partial charge on any atom is 0.184 e. The molecule has 142 valence electrons. The summed E-state index contributed by atoms with van der Waals surface area (Å²) in [6.07, 6.45) is 5.75. The molecule has 0 radical (unpaired) electrons. The molecule has 3 nitrogen and oxygen atoms in total. The molecule has 5 heteroatoms. The summed E-state index contributed by atoms with van der Waals surface area (Å²) in [4.78, 5) is 0.244. The molecule has 0 saturated carbocycles. The van der Waals surface area contributed by atoms with Crippen LogP contribution in [0.5, 0.6) is 0 Å². The molecule has 0 spiro atoms. The Bertz CT molecular complexity index is 951. The molecule has 1 aliphatic rings. The van der Waals surface area contributed by atoms with Crippen LogP contribution in [-0.4, -0.2) is 24.9 Å². The van der Waals surface area contributed by atoms with Crippen molar-refractivity contribution in [3.8, 4) is 0 Å². The summed E-state index contributed by atoms with van der Waals surface area (Å²) in [6, 6.07) is 16.0. The van der Waals surface area contributed by atoms with Gasteiger partial charge in [0, 0.05) is 5.02 Å². The molecular weight excluding hydrogens is 380 g/mol. The molecule has 0 unspecified atom stereocenters. The van der Waals surface area contributed by atoms with Gasteiger partial charge in [-0.1, -0.05) is 60.2 Å². The Morgan fingerprint density at radius 1 is 1.11 bits per heavy atom. The van der Waals surface area contributed by atoms with Crippen LogP contribution in [0, 0.1) is 0 Å². The molecule has 1 heterocycles. The topological polar surface area (TPSA) is 43.4 Å². The van der Waals surface area contributed by atoms with E-state index in [2.05, 4.69) is 6.58 Å². The van der Waals surface area contributed by atoms with Gasteiger partial charge in [0.25, 0.3) is 0 Å². The SMILES string of the molecule is C=C[C@]1(C)C[C@H](S(=O)(=O)c2ccc(Cl)cc2)[C@](C)(/C=C/c2ccccc2)O1. The second-order valence-electron chi connectivity index (χ2n) is 7.24. The maximum atomic E-state index is 13.4. The molecule has 3 atom stereocenters. The summed E-state index contributed by atoms with van der Waals surface area (Å²) in [5, 5.41) is -0.242. The van der Waals surface area contributed by atoms with Gasteiger partial charge in [-0.15, -0.1) is 6.58 Å². The normalized spacial score (nSPS) is 28.5. The molecule has 0 aliphatic carbocycles. The number of halogens is 1. The first-order valence-electron chi connectivity index (χ1n) is 8.76. The fourth-order valence-electron chi connectivity index (χ4n) is 3.48. The van der Waals surface area contributed by atoms with E-state index in [0.29, 0.717) is 11.4 Å². The smallest absolute Gasteiger partial charge is 0.184 e. The van der Waals surface area contributed by atoms with Gasteiger partial charge in [-0.05, 0) is 50.1 Å².